The molecule has 1 atom stereocenters. The van der Waals surface area contributed by atoms with Crippen LogP contribution in [-0.2, 0) is 11.3 Å². The highest BCUT2D eigenvalue weighted by Gasteiger charge is 2.35. The highest BCUT2D eigenvalue weighted by Crippen LogP contribution is 2.42. The molecule has 3 rings (SSSR count). The minimum absolute atomic E-state index is 0.0820. The Morgan fingerprint density at radius 1 is 1.18 bits per heavy atom. The van der Waals surface area contributed by atoms with Gasteiger partial charge in [-0.2, -0.15) is 0 Å². The van der Waals surface area contributed by atoms with Crippen molar-refractivity contribution >= 4 is 17.7 Å². The highest BCUT2D eigenvalue weighted by molar-refractivity contribution is 8.00. The first-order chi connectivity index (χ1) is 10.5. The van der Waals surface area contributed by atoms with Crippen molar-refractivity contribution in [3.63, 3.8) is 0 Å². The van der Waals surface area contributed by atoms with Gasteiger partial charge in [0.25, 0.3) is 0 Å². The van der Waals surface area contributed by atoms with Gasteiger partial charge in [0.05, 0.1) is 12.3 Å². The summed E-state index contributed by atoms with van der Waals surface area (Å²) in [6.45, 7) is 8.84. The number of furan rings is 1. The molecule has 2 heterocycles. The number of aryl methyl sites for hydroxylation is 4. The maximum Gasteiger partial charge on any atom is 0.234 e. The fourth-order valence-electron chi connectivity index (χ4n) is 3.18. The molecule has 1 aromatic heterocycles. The number of nitrogens with zero attached hydrogens (tertiary/aromatic N) is 1. The predicted molar refractivity (Wildman–Crippen MR) is 89.8 cm³/mol. The third-order valence-corrected chi connectivity index (χ3v) is 5.29. The molecule has 1 fully saturated rings. The quantitative estimate of drug-likeness (QED) is 0.847. The van der Waals surface area contributed by atoms with E-state index in [2.05, 4.69) is 32.9 Å². The van der Waals surface area contributed by atoms with Crippen LogP contribution in [-0.4, -0.2) is 16.6 Å². The second-order valence-electron chi connectivity index (χ2n) is 6.01. The Hall–Kier alpha value is -1.68. The van der Waals surface area contributed by atoms with Gasteiger partial charge in [-0.25, -0.2) is 0 Å². The van der Waals surface area contributed by atoms with Gasteiger partial charge in [-0.15, -0.1) is 11.8 Å². The summed E-state index contributed by atoms with van der Waals surface area (Å²) in [5.41, 5.74) is 5.04. The Labute approximate surface area is 135 Å². The molecule has 22 heavy (non-hydrogen) atoms. The normalized spacial score (nSPS) is 18.3. The third-order valence-electron chi connectivity index (χ3n) is 4.08. The average molecular weight is 315 g/mol. The van der Waals surface area contributed by atoms with Crippen LogP contribution in [0, 0.1) is 27.7 Å². The molecule has 0 N–H and O–H groups in total. The molecule has 0 spiro atoms. The lowest BCUT2D eigenvalue weighted by Gasteiger charge is -2.26. The van der Waals surface area contributed by atoms with E-state index >= 15 is 0 Å². The number of hydrogen-bond donors (Lipinski definition) is 0. The summed E-state index contributed by atoms with van der Waals surface area (Å²) in [7, 11) is 0. The van der Waals surface area contributed by atoms with Gasteiger partial charge in [0.2, 0.25) is 5.91 Å². The van der Waals surface area contributed by atoms with Crippen molar-refractivity contribution in [2.45, 2.75) is 39.6 Å². The number of hydrogen-bond acceptors (Lipinski definition) is 3. The Balaban J connectivity index is 1.94. The standard InChI is InChI=1S/C18H21NO2S/c1-11-7-12(2)17(13(3)8-11)18-19(16(20)10-22-18)9-15-6-5-14(4)21-15/h5-8,18H,9-10H2,1-4H3. The molecule has 4 heteroatoms. The maximum absolute atomic E-state index is 12.3. The van der Waals surface area contributed by atoms with Gasteiger partial charge in [0.1, 0.15) is 16.9 Å². The summed E-state index contributed by atoms with van der Waals surface area (Å²) in [6, 6.07) is 8.29. The van der Waals surface area contributed by atoms with E-state index < -0.39 is 0 Å². The van der Waals surface area contributed by atoms with Crippen molar-refractivity contribution < 1.29 is 9.21 Å². The fraction of sp³-hybridized carbons (Fsp3) is 0.389. The number of amides is 1. The minimum atomic E-state index is 0.0820. The van der Waals surface area contributed by atoms with Gasteiger partial charge < -0.3 is 9.32 Å². The summed E-state index contributed by atoms with van der Waals surface area (Å²) in [5.74, 6) is 2.45. The first-order valence-corrected chi connectivity index (χ1v) is 8.54. The lowest BCUT2D eigenvalue weighted by atomic mass is 9.99. The second-order valence-corrected chi connectivity index (χ2v) is 7.08. The van der Waals surface area contributed by atoms with Crippen molar-refractivity contribution in [1.29, 1.82) is 0 Å². The molecular formula is C18H21NO2S. The molecule has 2 aromatic rings. The zero-order chi connectivity index (χ0) is 15.9. The van der Waals surface area contributed by atoms with E-state index in [1.54, 1.807) is 11.8 Å². The molecule has 1 amide bonds. The van der Waals surface area contributed by atoms with Gasteiger partial charge in [-0.3, -0.25) is 4.79 Å². The van der Waals surface area contributed by atoms with Crippen molar-refractivity contribution in [2.24, 2.45) is 0 Å². The Kier molecular flexibility index (Phi) is 4.04. The Morgan fingerprint density at radius 2 is 1.86 bits per heavy atom. The number of rotatable bonds is 3. The smallest absolute Gasteiger partial charge is 0.234 e. The Bertz CT molecular complexity index is 697. The van der Waals surface area contributed by atoms with Crippen molar-refractivity contribution in [2.75, 3.05) is 5.75 Å². The van der Waals surface area contributed by atoms with Crippen LogP contribution in [0.1, 0.15) is 39.1 Å². The Morgan fingerprint density at radius 3 is 2.45 bits per heavy atom. The monoisotopic (exact) mass is 315 g/mol. The first kappa shape index (κ1) is 15.2. The number of thioether (sulfide) groups is 1. The van der Waals surface area contributed by atoms with E-state index in [4.69, 9.17) is 4.42 Å². The van der Waals surface area contributed by atoms with E-state index in [1.807, 2.05) is 24.0 Å². The van der Waals surface area contributed by atoms with E-state index in [9.17, 15) is 4.79 Å². The van der Waals surface area contributed by atoms with E-state index in [-0.39, 0.29) is 11.3 Å². The summed E-state index contributed by atoms with van der Waals surface area (Å²) in [5, 5.41) is 0.0820. The third kappa shape index (κ3) is 2.80. The number of carbonyl (C=O) groups excluding carboxylic acids is 1. The SMILES string of the molecule is Cc1cc(C)c(C2SCC(=O)N2Cc2ccc(C)o2)c(C)c1. The molecule has 1 aliphatic heterocycles. The molecule has 1 unspecified atom stereocenters. The zero-order valence-electron chi connectivity index (χ0n) is 13.5. The van der Waals surface area contributed by atoms with Gasteiger partial charge in [0, 0.05) is 0 Å². The minimum Gasteiger partial charge on any atom is -0.464 e. The summed E-state index contributed by atoms with van der Waals surface area (Å²) in [4.78, 5) is 14.3. The molecule has 0 bridgehead atoms. The summed E-state index contributed by atoms with van der Waals surface area (Å²) in [6.07, 6.45) is 0. The molecule has 1 aromatic carbocycles. The molecule has 116 valence electrons. The van der Waals surface area contributed by atoms with Crippen LogP contribution in [0.15, 0.2) is 28.7 Å². The summed E-state index contributed by atoms with van der Waals surface area (Å²) < 4.78 is 5.65. The first-order valence-electron chi connectivity index (χ1n) is 7.50. The van der Waals surface area contributed by atoms with Crippen LogP contribution in [0.2, 0.25) is 0 Å². The molecule has 0 saturated carbocycles. The lowest BCUT2D eigenvalue weighted by molar-refractivity contribution is -0.128. The zero-order valence-corrected chi connectivity index (χ0v) is 14.3. The van der Waals surface area contributed by atoms with Crippen LogP contribution in [0.5, 0.6) is 0 Å². The molecular weight excluding hydrogens is 294 g/mol. The van der Waals surface area contributed by atoms with Crippen LogP contribution in [0.4, 0.5) is 0 Å². The van der Waals surface area contributed by atoms with Gasteiger partial charge >= 0.3 is 0 Å². The lowest BCUT2D eigenvalue weighted by Crippen LogP contribution is -2.28. The van der Waals surface area contributed by atoms with Gasteiger partial charge in [-0.05, 0) is 56.5 Å². The molecule has 0 radical (unpaired) electrons. The average Bonchev–Trinajstić information content (AvgIpc) is 2.98. The van der Waals surface area contributed by atoms with Crippen LogP contribution >= 0.6 is 11.8 Å². The topological polar surface area (TPSA) is 33.5 Å². The number of carbonyl (C=O) groups is 1. The van der Waals surface area contributed by atoms with Crippen LogP contribution < -0.4 is 0 Å². The highest BCUT2D eigenvalue weighted by atomic mass is 32.2. The van der Waals surface area contributed by atoms with Crippen LogP contribution in [0.3, 0.4) is 0 Å². The molecule has 1 saturated heterocycles. The van der Waals surface area contributed by atoms with Crippen molar-refractivity contribution in [1.82, 2.24) is 4.90 Å². The van der Waals surface area contributed by atoms with Gasteiger partial charge in [-0.1, -0.05) is 17.7 Å². The van der Waals surface area contributed by atoms with E-state index in [1.165, 1.54) is 22.3 Å². The molecule has 0 aliphatic carbocycles. The second kappa shape index (κ2) is 5.84. The van der Waals surface area contributed by atoms with E-state index in [0.29, 0.717) is 12.3 Å². The number of benzene rings is 1. The van der Waals surface area contributed by atoms with Crippen LogP contribution in [0.25, 0.3) is 0 Å². The van der Waals surface area contributed by atoms with Crippen molar-refractivity contribution in [3.8, 4) is 0 Å². The van der Waals surface area contributed by atoms with Crippen molar-refractivity contribution in [3.05, 3.63) is 58.0 Å². The molecule has 3 nitrogen and oxygen atoms in total. The largest absolute Gasteiger partial charge is 0.464 e. The van der Waals surface area contributed by atoms with Gasteiger partial charge in [0.15, 0.2) is 0 Å². The fourth-order valence-corrected chi connectivity index (χ4v) is 4.56. The predicted octanol–water partition coefficient (Wildman–Crippen LogP) is 4.29. The molecule has 1 aliphatic rings. The summed E-state index contributed by atoms with van der Waals surface area (Å²) >= 11 is 1.71. The van der Waals surface area contributed by atoms with E-state index in [0.717, 1.165) is 11.5 Å². The maximum atomic E-state index is 12.3.